The lowest BCUT2D eigenvalue weighted by atomic mass is 10.1. The number of anilines is 1. The van der Waals surface area contributed by atoms with E-state index in [2.05, 4.69) is 9.97 Å². The minimum Gasteiger partial charge on any atom is -0.382 e. The van der Waals surface area contributed by atoms with E-state index in [1.54, 1.807) is 18.5 Å². The Labute approximate surface area is 103 Å². The van der Waals surface area contributed by atoms with Gasteiger partial charge in [-0.25, -0.2) is 4.98 Å². The van der Waals surface area contributed by atoms with Crippen molar-refractivity contribution in [3.8, 4) is 0 Å². The van der Waals surface area contributed by atoms with Crippen LogP contribution in [0.25, 0.3) is 0 Å². The first-order valence-electron chi connectivity index (χ1n) is 4.66. The Morgan fingerprint density at radius 3 is 2.75 bits per heavy atom. The minimum atomic E-state index is 0.296. The predicted octanol–water partition coefficient (Wildman–Crippen LogP) is 2.96. The van der Waals surface area contributed by atoms with Crippen molar-refractivity contribution in [2.45, 2.75) is 6.42 Å². The van der Waals surface area contributed by atoms with Crippen molar-refractivity contribution in [2.24, 2.45) is 0 Å². The largest absolute Gasteiger partial charge is 0.382 e. The lowest BCUT2D eigenvalue weighted by Crippen LogP contribution is -1.99. The van der Waals surface area contributed by atoms with Gasteiger partial charge in [0.25, 0.3) is 0 Å². The van der Waals surface area contributed by atoms with E-state index in [9.17, 15) is 0 Å². The third-order valence-corrected chi connectivity index (χ3v) is 2.75. The van der Waals surface area contributed by atoms with E-state index >= 15 is 0 Å². The van der Waals surface area contributed by atoms with Crippen LogP contribution >= 0.6 is 23.2 Å². The van der Waals surface area contributed by atoms with Gasteiger partial charge < -0.3 is 5.73 Å². The van der Waals surface area contributed by atoms with E-state index in [0.717, 1.165) is 5.56 Å². The number of hydrogen-bond acceptors (Lipinski definition) is 3. The van der Waals surface area contributed by atoms with E-state index in [0.29, 0.717) is 28.0 Å². The van der Waals surface area contributed by atoms with Gasteiger partial charge in [-0.3, -0.25) is 4.98 Å². The van der Waals surface area contributed by atoms with Gasteiger partial charge >= 0.3 is 0 Å². The van der Waals surface area contributed by atoms with Gasteiger partial charge in [-0.05, 0) is 17.7 Å². The van der Waals surface area contributed by atoms with Gasteiger partial charge in [0.2, 0.25) is 0 Å². The summed E-state index contributed by atoms with van der Waals surface area (Å²) in [6.07, 6.45) is 4.08. The Bertz CT molecular complexity index is 500. The van der Waals surface area contributed by atoms with Crippen molar-refractivity contribution in [3.05, 3.63) is 51.9 Å². The number of nitrogens with two attached hydrogens (primary N) is 1. The maximum absolute atomic E-state index is 6.03. The first-order valence-corrected chi connectivity index (χ1v) is 5.41. The van der Waals surface area contributed by atoms with Gasteiger partial charge in [-0.2, -0.15) is 0 Å². The van der Waals surface area contributed by atoms with E-state index in [4.69, 9.17) is 28.9 Å². The highest BCUT2D eigenvalue weighted by atomic mass is 35.5. The van der Waals surface area contributed by atoms with Crippen LogP contribution in [-0.4, -0.2) is 9.97 Å². The van der Waals surface area contributed by atoms with Crippen molar-refractivity contribution in [2.75, 3.05) is 5.73 Å². The second kappa shape index (κ2) is 4.68. The Kier molecular flexibility index (Phi) is 3.27. The van der Waals surface area contributed by atoms with Crippen molar-refractivity contribution >= 4 is 29.0 Å². The van der Waals surface area contributed by atoms with Crippen molar-refractivity contribution < 1.29 is 0 Å². The van der Waals surface area contributed by atoms with Crippen molar-refractivity contribution in [1.29, 1.82) is 0 Å². The van der Waals surface area contributed by atoms with E-state index in [1.165, 1.54) is 0 Å². The molecule has 2 aromatic rings. The zero-order valence-corrected chi connectivity index (χ0v) is 9.83. The lowest BCUT2D eigenvalue weighted by Gasteiger charge is -2.05. The third-order valence-electron chi connectivity index (χ3n) is 2.12. The number of hydrogen-bond donors (Lipinski definition) is 1. The summed E-state index contributed by atoms with van der Waals surface area (Å²) in [5, 5.41) is 0.892. The molecule has 0 aromatic carbocycles. The molecule has 0 aliphatic heterocycles. The minimum absolute atomic E-state index is 0.296. The van der Waals surface area contributed by atoms with Gasteiger partial charge in [-0.1, -0.05) is 29.3 Å². The summed E-state index contributed by atoms with van der Waals surface area (Å²) < 4.78 is 0. The molecule has 2 heterocycles. The number of halogens is 2. The zero-order valence-electron chi connectivity index (χ0n) is 8.32. The molecule has 0 fully saturated rings. The molecule has 5 heteroatoms. The number of pyridine rings is 2. The fourth-order valence-electron chi connectivity index (χ4n) is 1.34. The molecule has 2 aromatic heterocycles. The Morgan fingerprint density at radius 1 is 1.25 bits per heavy atom. The molecule has 0 bridgehead atoms. The van der Waals surface area contributed by atoms with Gasteiger partial charge in [0.1, 0.15) is 5.82 Å². The fraction of sp³-hybridized carbons (Fsp3) is 0.0909. The van der Waals surface area contributed by atoms with Crippen LogP contribution in [0.1, 0.15) is 11.3 Å². The smallest absolute Gasteiger partial charge is 0.142 e. The van der Waals surface area contributed by atoms with Gasteiger partial charge in [0.15, 0.2) is 0 Å². The molecule has 82 valence electrons. The molecule has 0 aliphatic carbocycles. The molecule has 0 spiro atoms. The van der Waals surface area contributed by atoms with E-state index in [1.807, 2.05) is 12.1 Å². The van der Waals surface area contributed by atoms with E-state index < -0.39 is 0 Å². The molecular weight excluding hydrogens is 245 g/mol. The quantitative estimate of drug-likeness (QED) is 0.896. The molecule has 0 saturated carbocycles. The Morgan fingerprint density at radius 2 is 2.06 bits per heavy atom. The summed E-state index contributed by atoms with van der Waals surface area (Å²) in [6.45, 7) is 0. The number of nitrogen functional groups attached to an aromatic ring is 1. The monoisotopic (exact) mass is 253 g/mol. The SMILES string of the molecule is Nc1nc(Cc2cccnc2)c(Cl)cc1Cl. The molecule has 0 saturated heterocycles. The van der Waals surface area contributed by atoms with Crippen LogP contribution in [-0.2, 0) is 6.42 Å². The predicted molar refractivity (Wildman–Crippen MR) is 65.7 cm³/mol. The molecule has 0 aliphatic rings. The van der Waals surface area contributed by atoms with Crippen LogP contribution in [0.2, 0.25) is 10.0 Å². The fourth-order valence-corrected chi connectivity index (χ4v) is 1.77. The van der Waals surface area contributed by atoms with Crippen LogP contribution in [0.3, 0.4) is 0 Å². The van der Waals surface area contributed by atoms with Crippen LogP contribution < -0.4 is 5.73 Å². The van der Waals surface area contributed by atoms with Gasteiger partial charge in [0, 0.05) is 18.8 Å². The molecule has 2 rings (SSSR count). The normalized spacial score (nSPS) is 10.4. The molecule has 0 amide bonds. The topological polar surface area (TPSA) is 51.8 Å². The Balaban J connectivity index is 2.32. The average Bonchev–Trinajstić information content (AvgIpc) is 2.27. The zero-order chi connectivity index (χ0) is 11.5. The highest BCUT2D eigenvalue weighted by Gasteiger charge is 2.07. The maximum Gasteiger partial charge on any atom is 0.142 e. The number of nitrogens with zero attached hydrogens (tertiary/aromatic N) is 2. The molecule has 2 N–H and O–H groups in total. The number of rotatable bonds is 2. The van der Waals surface area contributed by atoms with Crippen LogP contribution in [0.4, 0.5) is 5.82 Å². The number of aromatic nitrogens is 2. The summed E-state index contributed by atoms with van der Waals surface area (Å²) in [4.78, 5) is 8.18. The first kappa shape index (κ1) is 11.2. The van der Waals surface area contributed by atoms with Gasteiger partial charge in [-0.15, -0.1) is 0 Å². The average molecular weight is 254 g/mol. The van der Waals surface area contributed by atoms with Crippen LogP contribution in [0.5, 0.6) is 0 Å². The molecular formula is C11H9Cl2N3. The van der Waals surface area contributed by atoms with E-state index in [-0.39, 0.29) is 0 Å². The lowest BCUT2D eigenvalue weighted by molar-refractivity contribution is 1.06. The van der Waals surface area contributed by atoms with Crippen molar-refractivity contribution in [3.63, 3.8) is 0 Å². The summed E-state index contributed by atoms with van der Waals surface area (Å²) >= 11 is 11.8. The molecule has 16 heavy (non-hydrogen) atoms. The van der Waals surface area contributed by atoms with Gasteiger partial charge in [0.05, 0.1) is 15.7 Å². The Hall–Kier alpha value is -1.32. The molecule has 3 nitrogen and oxygen atoms in total. The summed E-state index contributed by atoms with van der Waals surface area (Å²) in [6, 6.07) is 5.43. The summed E-state index contributed by atoms with van der Waals surface area (Å²) in [5.74, 6) is 0.296. The summed E-state index contributed by atoms with van der Waals surface area (Å²) in [7, 11) is 0. The first-order chi connectivity index (χ1) is 7.66. The highest BCUT2D eigenvalue weighted by Crippen LogP contribution is 2.25. The van der Waals surface area contributed by atoms with Crippen molar-refractivity contribution in [1.82, 2.24) is 9.97 Å². The molecule has 0 atom stereocenters. The van der Waals surface area contributed by atoms with Crippen LogP contribution in [0.15, 0.2) is 30.6 Å². The second-order valence-corrected chi connectivity index (χ2v) is 4.14. The summed E-state index contributed by atoms with van der Waals surface area (Å²) in [5.41, 5.74) is 7.36. The molecule has 0 radical (unpaired) electrons. The standard InChI is InChI=1S/C11H9Cl2N3/c12-8-5-9(13)11(14)16-10(8)4-7-2-1-3-15-6-7/h1-3,5-6H,4H2,(H2,14,16). The highest BCUT2D eigenvalue weighted by molar-refractivity contribution is 6.36. The third kappa shape index (κ3) is 2.43. The van der Waals surface area contributed by atoms with Crippen LogP contribution in [0, 0.1) is 0 Å². The molecule has 0 unspecified atom stereocenters. The maximum atomic E-state index is 6.03. The second-order valence-electron chi connectivity index (χ2n) is 3.32.